The van der Waals surface area contributed by atoms with Gasteiger partial charge in [-0.3, -0.25) is 9.88 Å². The molecule has 116 valence electrons. The zero-order valence-corrected chi connectivity index (χ0v) is 12.7. The van der Waals surface area contributed by atoms with Crippen LogP contribution >= 0.6 is 0 Å². The SMILES string of the molecule is OC(COCc1ccncc1)CN1CCc2ccccc2C1. The Morgan fingerprint density at radius 2 is 1.91 bits per heavy atom. The van der Waals surface area contributed by atoms with Crippen molar-refractivity contribution in [3.8, 4) is 0 Å². The minimum atomic E-state index is -0.452. The number of hydrogen-bond donors (Lipinski definition) is 1. The fraction of sp³-hybridized carbons (Fsp3) is 0.389. The van der Waals surface area contributed by atoms with E-state index in [-0.39, 0.29) is 0 Å². The first-order valence-corrected chi connectivity index (χ1v) is 7.75. The maximum atomic E-state index is 10.1. The Balaban J connectivity index is 1.42. The van der Waals surface area contributed by atoms with Crippen LogP contribution in [0.4, 0.5) is 0 Å². The number of fused-ring (bicyclic) bond motifs is 1. The Hall–Kier alpha value is -1.75. The van der Waals surface area contributed by atoms with Crippen LogP contribution in [0, 0.1) is 0 Å². The summed E-state index contributed by atoms with van der Waals surface area (Å²) >= 11 is 0. The lowest BCUT2D eigenvalue weighted by molar-refractivity contribution is 0.00773. The van der Waals surface area contributed by atoms with Crippen LogP contribution < -0.4 is 0 Å². The van der Waals surface area contributed by atoms with Gasteiger partial charge in [0, 0.05) is 32.0 Å². The van der Waals surface area contributed by atoms with Gasteiger partial charge < -0.3 is 9.84 Å². The van der Waals surface area contributed by atoms with Gasteiger partial charge in [0.25, 0.3) is 0 Å². The fourth-order valence-electron chi connectivity index (χ4n) is 2.85. The lowest BCUT2D eigenvalue weighted by atomic mass is 10.00. The normalized spacial score (nSPS) is 16.2. The van der Waals surface area contributed by atoms with Gasteiger partial charge in [0.2, 0.25) is 0 Å². The quantitative estimate of drug-likeness (QED) is 0.886. The van der Waals surface area contributed by atoms with Gasteiger partial charge in [-0.15, -0.1) is 0 Å². The molecule has 2 aromatic rings. The first-order valence-electron chi connectivity index (χ1n) is 7.75. The van der Waals surface area contributed by atoms with Gasteiger partial charge in [0.05, 0.1) is 19.3 Å². The van der Waals surface area contributed by atoms with E-state index in [2.05, 4.69) is 34.1 Å². The average Bonchev–Trinajstić information content (AvgIpc) is 2.56. The van der Waals surface area contributed by atoms with Crippen LogP contribution in [0.2, 0.25) is 0 Å². The highest BCUT2D eigenvalue weighted by Gasteiger charge is 2.18. The van der Waals surface area contributed by atoms with Crippen LogP contribution in [0.1, 0.15) is 16.7 Å². The van der Waals surface area contributed by atoms with Crippen LogP contribution in [-0.2, 0) is 24.3 Å². The first-order chi connectivity index (χ1) is 10.8. The van der Waals surface area contributed by atoms with E-state index in [1.807, 2.05) is 12.1 Å². The maximum absolute atomic E-state index is 10.1. The minimum absolute atomic E-state index is 0.362. The number of aliphatic hydroxyl groups is 1. The fourth-order valence-corrected chi connectivity index (χ4v) is 2.85. The van der Waals surface area contributed by atoms with E-state index in [0.717, 1.165) is 25.1 Å². The highest BCUT2D eigenvalue weighted by molar-refractivity contribution is 5.29. The second-order valence-electron chi connectivity index (χ2n) is 5.78. The molecule has 4 nitrogen and oxygen atoms in total. The molecule has 22 heavy (non-hydrogen) atoms. The first kappa shape index (κ1) is 15.2. The molecule has 0 spiro atoms. The van der Waals surface area contributed by atoms with Crippen molar-refractivity contribution in [2.24, 2.45) is 0 Å². The van der Waals surface area contributed by atoms with Gasteiger partial charge in [-0.2, -0.15) is 0 Å². The third kappa shape index (κ3) is 4.13. The van der Waals surface area contributed by atoms with Crippen molar-refractivity contribution in [3.63, 3.8) is 0 Å². The molecule has 0 saturated heterocycles. The van der Waals surface area contributed by atoms with Gasteiger partial charge in [-0.1, -0.05) is 24.3 Å². The van der Waals surface area contributed by atoms with Crippen molar-refractivity contribution in [1.82, 2.24) is 9.88 Å². The van der Waals surface area contributed by atoms with E-state index in [4.69, 9.17) is 4.74 Å². The highest BCUT2D eigenvalue weighted by Crippen LogP contribution is 2.18. The Labute approximate surface area is 131 Å². The third-order valence-corrected chi connectivity index (χ3v) is 4.01. The maximum Gasteiger partial charge on any atom is 0.0900 e. The van der Waals surface area contributed by atoms with Crippen molar-refractivity contribution >= 4 is 0 Å². The molecule has 1 aromatic carbocycles. The topological polar surface area (TPSA) is 45.6 Å². The molecule has 1 unspecified atom stereocenters. The van der Waals surface area contributed by atoms with Gasteiger partial charge in [0.1, 0.15) is 0 Å². The lowest BCUT2D eigenvalue weighted by Gasteiger charge is -2.30. The van der Waals surface area contributed by atoms with E-state index >= 15 is 0 Å². The summed E-state index contributed by atoms with van der Waals surface area (Å²) in [5.74, 6) is 0. The smallest absolute Gasteiger partial charge is 0.0900 e. The van der Waals surface area contributed by atoms with Crippen molar-refractivity contribution in [2.75, 3.05) is 19.7 Å². The zero-order chi connectivity index (χ0) is 15.2. The van der Waals surface area contributed by atoms with Crippen LogP contribution in [0.3, 0.4) is 0 Å². The summed E-state index contributed by atoms with van der Waals surface area (Å²) in [5, 5.41) is 10.1. The lowest BCUT2D eigenvalue weighted by Crippen LogP contribution is -2.38. The molecule has 0 fully saturated rings. The van der Waals surface area contributed by atoms with Crippen LogP contribution in [0.5, 0.6) is 0 Å². The van der Waals surface area contributed by atoms with E-state index < -0.39 is 6.10 Å². The number of hydrogen-bond acceptors (Lipinski definition) is 4. The molecule has 3 rings (SSSR count). The van der Waals surface area contributed by atoms with Gasteiger partial charge in [-0.25, -0.2) is 0 Å². The standard InChI is InChI=1S/C18H22N2O2/c21-18(14-22-13-15-5-8-19-9-6-15)12-20-10-7-16-3-1-2-4-17(16)11-20/h1-6,8-9,18,21H,7,10-14H2. The number of nitrogens with zero attached hydrogens (tertiary/aromatic N) is 2. The summed E-state index contributed by atoms with van der Waals surface area (Å²) in [7, 11) is 0. The monoisotopic (exact) mass is 298 g/mol. The van der Waals surface area contributed by atoms with Crippen molar-refractivity contribution < 1.29 is 9.84 Å². The summed E-state index contributed by atoms with van der Waals surface area (Å²) in [6.45, 7) is 3.45. The van der Waals surface area contributed by atoms with Crippen molar-refractivity contribution in [2.45, 2.75) is 25.7 Å². The Morgan fingerprint density at radius 1 is 1.14 bits per heavy atom. The Bertz CT molecular complexity index is 589. The molecule has 4 heteroatoms. The molecule has 1 N–H and O–H groups in total. The third-order valence-electron chi connectivity index (χ3n) is 4.01. The summed E-state index contributed by atoms with van der Waals surface area (Å²) in [5.41, 5.74) is 3.88. The molecule has 1 aliphatic rings. The van der Waals surface area contributed by atoms with E-state index in [9.17, 15) is 5.11 Å². The molecular weight excluding hydrogens is 276 g/mol. The van der Waals surface area contributed by atoms with Gasteiger partial charge in [-0.05, 0) is 35.2 Å². The van der Waals surface area contributed by atoms with E-state index in [1.54, 1.807) is 12.4 Å². The molecule has 0 saturated carbocycles. The molecule has 0 amide bonds. The van der Waals surface area contributed by atoms with E-state index in [1.165, 1.54) is 11.1 Å². The highest BCUT2D eigenvalue weighted by atomic mass is 16.5. The van der Waals surface area contributed by atoms with Crippen molar-refractivity contribution in [3.05, 3.63) is 65.5 Å². The van der Waals surface area contributed by atoms with Crippen LogP contribution in [0.15, 0.2) is 48.8 Å². The molecule has 2 heterocycles. The number of aliphatic hydroxyl groups excluding tert-OH is 1. The number of β-amino-alcohol motifs (C(OH)–C–C–N with tert-alkyl or cyclic N) is 1. The van der Waals surface area contributed by atoms with Gasteiger partial charge in [0.15, 0.2) is 0 Å². The molecule has 1 aromatic heterocycles. The Kier molecular flexibility index (Phi) is 5.16. The molecule has 0 bridgehead atoms. The second kappa shape index (κ2) is 7.49. The molecule has 0 radical (unpaired) electrons. The minimum Gasteiger partial charge on any atom is -0.389 e. The average molecular weight is 298 g/mol. The van der Waals surface area contributed by atoms with Crippen LogP contribution in [-0.4, -0.2) is 40.8 Å². The molecule has 0 aliphatic carbocycles. The van der Waals surface area contributed by atoms with E-state index in [0.29, 0.717) is 19.8 Å². The molecule has 1 aliphatic heterocycles. The van der Waals surface area contributed by atoms with Crippen LogP contribution in [0.25, 0.3) is 0 Å². The largest absolute Gasteiger partial charge is 0.389 e. The zero-order valence-electron chi connectivity index (χ0n) is 12.7. The number of rotatable bonds is 6. The predicted octanol–water partition coefficient (Wildman–Crippen LogP) is 2.02. The van der Waals surface area contributed by atoms with Crippen molar-refractivity contribution in [1.29, 1.82) is 0 Å². The summed E-state index contributed by atoms with van der Waals surface area (Å²) in [6, 6.07) is 12.4. The number of pyridine rings is 1. The summed E-state index contributed by atoms with van der Waals surface area (Å²) in [4.78, 5) is 6.27. The number of aromatic nitrogens is 1. The predicted molar refractivity (Wildman–Crippen MR) is 85.3 cm³/mol. The summed E-state index contributed by atoms with van der Waals surface area (Å²) < 4.78 is 5.59. The Morgan fingerprint density at radius 3 is 2.73 bits per heavy atom. The number of benzene rings is 1. The molecule has 1 atom stereocenters. The summed E-state index contributed by atoms with van der Waals surface area (Å²) in [6.07, 6.45) is 4.11. The number of ether oxygens (including phenoxy) is 1. The second-order valence-corrected chi connectivity index (χ2v) is 5.78. The molecular formula is C18H22N2O2. The van der Waals surface area contributed by atoms with Gasteiger partial charge >= 0.3 is 0 Å².